The van der Waals surface area contributed by atoms with E-state index < -0.39 is 28.6 Å². The molecule has 2 aliphatic rings. The summed E-state index contributed by atoms with van der Waals surface area (Å²) in [7, 11) is 0. The minimum atomic E-state index is -2.00. The van der Waals surface area contributed by atoms with Crippen molar-refractivity contribution < 1.29 is 27.7 Å². The Balaban J connectivity index is 0.00000100. The van der Waals surface area contributed by atoms with Crippen molar-refractivity contribution >= 4 is 28.5 Å². The van der Waals surface area contributed by atoms with E-state index in [1.807, 2.05) is 13.8 Å². The number of carbonyl (C=O) groups excluding carboxylic acids is 2. The van der Waals surface area contributed by atoms with Crippen molar-refractivity contribution in [1.29, 1.82) is 0 Å². The van der Waals surface area contributed by atoms with E-state index in [1.165, 1.54) is 6.07 Å². The van der Waals surface area contributed by atoms with Crippen molar-refractivity contribution in [3.8, 4) is 5.75 Å². The minimum absolute atomic E-state index is 0.00135. The van der Waals surface area contributed by atoms with Crippen LogP contribution in [-0.2, 0) is 33.6 Å². The number of amides is 1. The fourth-order valence-electron chi connectivity index (χ4n) is 2.69. The van der Waals surface area contributed by atoms with Gasteiger partial charge in [0.05, 0.1) is 0 Å². The van der Waals surface area contributed by atoms with E-state index in [2.05, 4.69) is 9.66 Å². The van der Waals surface area contributed by atoms with Crippen LogP contribution in [0.2, 0.25) is 0 Å². The molecule has 1 heterocycles. The fraction of sp³-hybridized carbons (Fsp3) is 0.467. The maximum atomic E-state index is 14.8. The highest BCUT2D eigenvalue weighted by molar-refractivity contribution is 7.85. The lowest BCUT2D eigenvalue weighted by molar-refractivity contribution is -0.119. The highest BCUT2D eigenvalue weighted by atomic mass is 32.2. The molecule has 1 aliphatic carbocycles. The fourth-order valence-corrected chi connectivity index (χ4v) is 3.63. The van der Waals surface area contributed by atoms with Gasteiger partial charge >= 0.3 is 0 Å². The maximum Gasteiger partial charge on any atom is 0.253 e. The highest BCUT2D eigenvalue weighted by Gasteiger charge is 2.34. The molecule has 0 spiro atoms. The van der Waals surface area contributed by atoms with Gasteiger partial charge in [0.15, 0.2) is 11.6 Å². The van der Waals surface area contributed by atoms with Crippen LogP contribution in [0.5, 0.6) is 5.75 Å². The first kappa shape index (κ1) is 18.3. The van der Waals surface area contributed by atoms with Gasteiger partial charge in [-0.25, -0.2) is 8.60 Å². The number of anilines is 1. The molecule has 9 heteroatoms. The number of benzene rings is 1. The maximum absolute atomic E-state index is 14.8. The summed E-state index contributed by atoms with van der Waals surface area (Å²) in [5.74, 6) is -1.81. The number of nitrogens with one attached hydrogen (secondary N) is 1. The molecule has 132 valence electrons. The van der Waals surface area contributed by atoms with Crippen molar-refractivity contribution in [2.24, 2.45) is 0 Å². The smallest absolute Gasteiger partial charge is 0.253 e. The number of Topliss-reactive ketones (excluding diaryl/α,β-unsaturated/α-hetero) is 1. The predicted molar refractivity (Wildman–Crippen MR) is 84.8 cm³/mol. The molecule has 1 aromatic carbocycles. The molecule has 0 bridgehead atoms. The van der Waals surface area contributed by atoms with E-state index in [0.717, 1.165) is 4.31 Å². The lowest BCUT2D eigenvalue weighted by atomic mass is 10.0. The van der Waals surface area contributed by atoms with Gasteiger partial charge in [-0.2, -0.15) is 0 Å². The molecule has 1 aliphatic heterocycles. The zero-order valence-electron chi connectivity index (χ0n) is 13.4. The average molecular weight is 360 g/mol. The van der Waals surface area contributed by atoms with Gasteiger partial charge in [-0.05, 0) is 30.0 Å². The summed E-state index contributed by atoms with van der Waals surface area (Å²) in [4.78, 5) is 26.5. The quantitative estimate of drug-likeness (QED) is 0.820. The molecule has 1 fully saturated rings. The number of fused-ring (bicyclic) bond motifs is 1. The number of hydrogen-bond donors (Lipinski definition) is 1. The normalized spacial score (nSPS) is 19.8. The van der Waals surface area contributed by atoms with Crippen LogP contribution in [0.25, 0.3) is 0 Å². The Morgan fingerprint density at radius 1 is 1.21 bits per heavy atom. The Morgan fingerprint density at radius 3 is 2.46 bits per heavy atom. The first-order valence-corrected chi connectivity index (χ1v) is 8.75. The summed E-state index contributed by atoms with van der Waals surface area (Å²) >= 11 is -2.00. The summed E-state index contributed by atoms with van der Waals surface area (Å²) in [5.41, 5.74) is 0.397. The Morgan fingerprint density at radius 2 is 1.88 bits per heavy atom. The topological polar surface area (TPSA) is 75.7 Å². The number of aryl methyl sites for hydroxylation is 1. The van der Waals surface area contributed by atoms with E-state index in [1.54, 1.807) is 0 Å². The molecule has 1 atom stereocenters. The van der Waals surface area contributed by atoms with E-state index in [4.69, 9.17) is 0 Å². The SMILES string of the molecule is CC.O=C1CCc2cc(OF)c(N3CC(=O)NS3=O)c(F)c2CC1. The molecule has 1 amide bonds. The van der Waals surface area contributed by atoms with Gasteiger partial charge in [0.1, 0.15) is 18.0 Å². The summed E-state index contributed by atoms with van der Waals surface area (Å²) in [6.45, 7) is 3.64. The Bertz CT molecular complexity index is 697. The summed E-state index contributed by atoms with van der Waals surface area (Å²) in [5, 5.41) is 0. The number of carbonyl (C=O) groups is 2. The molecule has 0 radical (unpaired) electrons. The van der Waals surface area contributed by atoms with Crippen LogP contribution in [0.15, 0.2) is 6.07 Å². The first-order valence-electron chi connectivity index (χ1n) is 7.64. The lowest BCUT2D eigenvalue weighted by Gasteiger charge is -2.19. The molecule has 6 nitrogen and oxygen atoms in total. The van der Waals surface area contributed by atoms with Gasteiger partial charge in [-0.15, -0.1) is 0 Å². The van der Waals surface area contributed by atoms with Crippen molar-refractivity contribution in [2.75, 3.05) is 10.8 Å². The van der Waals surface area contributed by atoms with Crippen molar-refractivity contribution in [3.63, 3.8) is 0 Å². The molecule has 1 N–H and O–H groups in total. The van der Waals surface area contributed by atoms with Crippen molar-refractivity contribution in [2.45, 2.75) is 39.5 Å². The van der Waals surface area contributed by atoms with Gasteiger partial charge in [-0.1, -0.05) is 13.8 Å². The Labute approximate surface area is 140 Å². The minimum Gasteiger partial charge on any atom is -0.300 e. The third-order valence-corrected chi connectivity index (χ3v) is 4.86. The zero-order valence-corrected chi connectivity index (χ0v) is 14.2. The van der Waals surface area contributed by atoms with Crippen LogP contribution < -0.4 is 14.0 Å². The number of ketones is 1. The summed E-state index contributed by atoms with van der Waals surface area (Å²) in [6.07, 6.45) is 0.927. The van der Waals surface area contributed by atoms with Crippen LogP contribution in [0, 0.1) is 5.82 Å². The lowest BCUT2D eigenvalue weighted by Crippen LogP contribution is -2.24. The number of halogens is 2. The molecule has 3 rings (SSSR count). The second kappa shape index (κ2) is 7.69. The monoisotopic (exact) mass is 360 g/mol. The average Bonchev–Trinajstić information content (AvgIpc) is 2.79. The van der Waals surface area contributed by atoms with Crippen molar-refractivity contribution in [3.05, 3.63) is 23.0 Å². The highest BCUT2D eigenvalue weighted by Crippen LogP contribution is 2.39. The summed E-state index contributed by atoms with van der Waals surface area (Å²) < 4.78 is 42.4. The zero-order chi connectivity index (χ0) is 17.9. The van der Waals surface area contributed by atoms with Crippen LogP contribution in [0.3, 0.4) is 0 Å². The van der Waals surface area contributed by atoms with Crippen LogP contribution >= 0.6 is 0 Å². The van der Waals surface area contributed by atoms with Crippen LogP contribution in [0.4, 0.5) is 14.6 Å². The second-order valence-corrected chi connectivity index (χ2v) is 6.25. The molecular formula is C15H18F2N2O4S. The van der Waals surface area contributed by atoms with Gasteiger partial charge in [0, 0.05) is 17.4 Å². The van der Waals surface area contributed by atoms with Gasteiger partial charge in [-0.3, -0.25) is 23.6 Å². The number of nitrogens with zero attached hydrogens (tertiary/aromatic N) is 1. The van der Waals surface area contributed by atoms with Gasteiger partial charge < -0.3 is 0 Å². The van der Waals surface area contributed by atoms with E-state index in [0.29, 0.717) is 12.0 Å². The molecule has 1 aromatic rings. The van der Waals surface area contributed by atoms with E-state index in [-0.39, 0.29) is 42.8 Å². The van der Waals surface area contributed by atoms with E-state index >= 15 is 0 Å². The van der Waals surface area contributed by atoms with Gasteiger partial charge in [0.2, 0.25) is 11.2 Å². The van der Waals surface area contributed by atoms with Crippen molar-refractivity contribution in [1.82, 2.24) is 4.72 Å². The number of hydrogen-bond acceptors (Lipinski definition) is 4. The molecular weight excluding hydrogens is 342 g/mol. The Kier molecular flexibility index (Phi) is 5.87. The third kappa shape index (κ3) is 3.40. The predicted octanol–water partition coefficient (Wildman–Crippen LogP) is 2.08. The molecule has 1 saturated heterocycles. The molecule has 0 aromatic heterocycles. The van der Waals surface area contributed by atoms with Gasteiger partial charge in [0.25, 0.3) is 5.91 Å². The molecule has 0 saturated carbocycles. The number of rotatable bonds is 2. The van der Waals surface area contributed by atoms with Crippen LogP contribution in [-0.4, -0.2) is 22.4 Å². The largest absolute Gasteiger partial charge is 0.300 e. The third-order valence-electron chi connectivity index (χ3n) is 3.75. The van der Waals surface area contributed by atoms with E-state index in [9.17, 15) is 22.7 Å². The van der Waals surface area contributed by atoms with Crippen LogP contribution in [0.1, 0.15) is 37.8 Å². The standard InChI is InChI=1S/C13H12F2N2O4S.C2H6/c14-12-9-4-3-8(18)2-1-7(9)5-10(21-15)13(12)17-6-11(19)16-22(17)20;1-2/h5H,1-4,6H2,(H,16,19);1-2H3. The second-order valence-electron chi connectivity index (χ2n) is 5.10. The molecule has 1 unspecified atom stereocenters. The Hall–Kier alpha value is -2.03. The first-order chi connectivity index (χ1) is 11.5. The molecule has 24 heavy (non-hydrogen) atoms. The summed E-state index contributed by atoms with van der Waals surface area (Å²) in [6, 6.07) is 1.30.